The molecule has 128 valence electrons. The molecule has 0 aliphatic carbocycles. The molecular formula is C17H14ClN3O3S. The predicted octanol–water partition coefficient (Wildman–Crippen LogP) is 3.03. The Hall–Kier alpha value is -2.48. The van der Waals surface area contributed by atoms with Crippen LogP contribution in [-0.4, -0.2) is 32.6 Å². The summed E-state index contributed by atoms with van der Waals surface area (Å²) in [6.45, 7) is 0.0140. The molecule has 0 aliphatic rings. The van der Waals surface area contributed by atoms with Crippen LogP contribution in [0.4, 0.5) is 0 Å². The first-order valence-electron chi connectivity index (χ1n) is 7.36. The number of phenols is 1. The fraction of sp³-hybridized carbons (Fsp3) is 0.118. The molecule has 3 N–H and O–H groups in total. The number of aromatic hydroxyl groups is 1. The number of benzene rings is 1. The van der Waals surface area contributed by atoms with E-state index in [0.29, 0.717) is 10.6 Å². The van der Waals surface area contributed by atoms with Gasteiger partial charge in [-0.25, -0.2) is 4.98 Å². The van der Waals surface area contributed by atoms with Gasteiger partial charge in [-0.05, 0) is 29.8 Å². The minimum Gasteiger partial charge on any atom is -0.508 e. The van der Waals surface area contributed by atoms with E-state index in [1.54, 1.807) is 30.6 Å². The number of carbonyl (C=O) groups is 1. The summed E-state index contributed by atoms with van der Waals surface area (Å²) < 4.78 is 0. The molecule has 6 nitrogen and oxygen atoms in total. The quantitative estimate of drug-likeness (QED) is 0.637. The molecule has 0 saturated heterocycles. The molecule has 25 heavy (non-hydrogen) atoms. The molecule has 0 bridgehead atoms. The van der Waals surface area contributed by atoms with E-state index in [9.17, 15) is 15.0 Å². The number of pyridine rings is 1. The molecule has 0 saturated carbocycles. The van der Waals surface area contributed by atoms with E-state index in [4.69, 9.17) is 11.6 Å². The number of nitrogens with one attached hydrogen (secondary N) is 1. The van der Waals surface area contributed by atoms with Gasteiger partial charge in [0.1, 0.15) is 15.6 Å². The average Bonchev–Trinajstić information content (AvgIpc) is 3.02. The summed E-state index contributed by atoms with van der Waals surface area (Å²) >= 11 is 7.23. The lowest BCUT2D eigenvalue weighted by atomic mass is 10.1. The Balaban J connectivity index is 1.67. The highest BCUT2D eigenvalue weighted by atomic mass is 35.5. The number of carbonyl (C=O) groups excluding carboxylic acids is 1. The highest BCUT2D eigenvalue weighted by Crippen LogP contribution is 2.30. The number of halogens is 1. The van der Waals surface area contributed by atoms with Crippen molar-refractivity contribution in [2.45, 2.75) is 6.10 Å². The maximum absolute atomic E-state index is 12.3. The lowest BCUT2D eigenvalue weighted by Crippen LogP contribution is -2.27. The van der Waals surface area contributed by atoms with E-state index in [2.05, 4.69) is 15.3 Å². The van der Waals surface area contributed by atoms with Crippen molar-refractivity contribution in [3.05, 3.63) is 64.4 Å². The maximum Gasteiger partial charge on any atom is 0.264 e. The zero-order valence-corrected chi connectivity index (χ0v) is 14.5. The van der Waals surface area contributed by atoms with E-state index in [-0.39, 0.29) is 22.3 Å². The third-order valence-corrected chi connectivity index (χ3v) is 4.92. The van der Waals surface area contributed by atoms with Crippen molar-refractivity contribution in [3.63, 3.8) is 0 Å². The second-order valence-electron chi connectivity index (χ2n) is 5.20. The van der Waals surface area contributed by atoms with Gasteiger partial charge in [-0.2, -0.15) is 0 Å². The van der Waals surface area contributed by atoms with E-state index >= 15 is 0 Å². The van der Waals surface area contributed by atoms with Crippen molar-refractivity contribution in [2.75, 3.05) is 6.54 Å². The molecule has 3 rings (SSSR count). The van der Waals surface area contributed by atoms with Gasteiger partial charge in [-0.1, -0.05) is 23.7 Å². The molecule has 1 atom stereocenters. The minimum absolute atomic E-state index is 0.0140. The van der Waals surface area contributed by atoms with Gasteiger partial charge in [0.2, 0.25) is 0 Å². The van der Waals surface area contributed by atoms with Crippen molar-refractivity contribution in [3.8, 4) is 16.3 Å². The van der Waals surface area contributed by atoms with Crippen LogP contribution >= 0.6 is 22.9 Å². The zero-order valence-electron chi connectivity index (χ0n) is 12.9. The summed E-state index contributed by atoms with van der Waals surface area (Å²) in [4.78, 5) is 20.8. The van der Waals surface area contributed by atoms with Crippen LogP contribution in [0.3, 0.4) is 0 Å². The molecule has 1 unspecified atom stereocenters. The van der Waals surface area contributed by atoms with Gasteiger partial charge in [0.25, 0.3) is 5.91 Å². The summed E-state index contributed by atoms with van der Waals surface area (Å²) in [5, 5.41) is 22.7. The Bertz CT molecular complexity index is 869. The van der Waals surface area contributed by atoms with Crippen LogP contribution in [0.1, 0.15) is 21.3 Å². The fourth-order valence-electron chi connectivity index (χ4n) is 2.14. The van der Waals surface area contributed by atoms with Crippen LogP contribution in [0.15, 0.2) is 48.8 Å². The molecule has 0 spiro atoms. The lowest BCUT2D eigenvalue weighted by molar-refractivity contribution is 0.0920. The first-order valence-corrected chi connectivity index (χ1v) is 8.56. The molecule has 3 aromatic rings. The fourth-order valence-corrected chi connectivity index (χ4v) is 3.34. The van der Waals surface area contributed by atoms with Crippen LogP contribution < -0.4 is 5.32 Å². The first-order chi connectivity index (χ1) is 12.0. The van der Waals surface area contributed by atoms with Crippen LogP contribution in [-0.2, 0) is 0 Å². The van der Waals surface area contributed by atoms with Gasteiger partial charge in [0, 0.05) is 24.5 Å². The maximum atomic E-state index is 12.3. The Morgan fingerprint density at radius 2 is 2.04 bits per heavy atom. The predicted molar refractivity (Wildman–Crippen MR) is 95.8 cm³/mol. The average molecular weight is 376 g/mol. The van der Waals surface area contributed by atoms with Gasteiger partial charge in [0.15, 0.2) is 5.15 Å². The minimum atomic E-state index is -0.894. The van der Waals surface area contributed by atoms with Crippen molar-refractivity contribution in [1.29, 1.82) is 0 Å². The second kappa shape index (κ2) is 7.60. The van der Waals surface area contributed by atoms with Crippen molar-refractivity contribution >= 4 is 28.8 Å². The number of aliphatic hydroxyl groups is 1. The summed E-state index contributed by atoms with van der Waals surface area (Å²) in [5.41, 5.74) is 1.36. The van der Waals surface area contributed by atoms with Gasteiger partial charge < -0.3 is 15.5 Å². The van der Waals surface area contributed by atoms with Crippen LogP contribution in [0.5, 0.6) is 5.75 Å². The third kappa shape index (κ3) is 4.14. The smallest absolute Gasteiger partial charge is 0.264 e. The number of phenolic OH excluding ortho intramolecular Hbond substituents is 1. The number of hydrogen-bond acceptors (Lipinski definition) is 6. The monoisotopic (exact) mass is 375 g/mol. The number of thiazole rings is 1. The molecular weight excluding hydrogens is 362 g/mol. The van der Waals surface area contributed by atoms with Gasteiger partial charge in [-0.3, -0.25) is 9.78 Å². The zero-order chi connectivity index (χ0) is 17.8. The van der Waals surface area contributed by atoms with Crippen molar-refractivity contribution < 1.29 is 15.0 Å². The number of hydrogen-bond donors (Lipinski definition) is 3. The Kier molecular flexibility index (Phi) is 5.28. The molecule has 0 fully saturated rings. The van der Waals surface area contributed by atoms with E-state index < -0.39 is 12.0 Å². The highest BCUT2D eigenvalue weighted by molar-refractivity contribution is 7.17. The van der Waals surface area contributed by atoms with E-state index in [1.807, 2.05) is 6.07 Å². The molecule has 2 aromatic heterocycles. The number of amides is 1. The van der Waals surface area contributed by atoms with Crippen molar-refractivity contribution in [2.24, 2.45) is 0 Å². The number of aromatic nitrogens is 2. The molecule has 0 radical (unpaired) electrons. The van der Waals surface area contributed by atoms with Gasteiger partial charge in [0.05, 0.1) is 6.10 Å². The molecule has 1 aromatic carbocycles. The second-order valence-corrected chi connectivity index (χ2v) is 6.56. The van der Waals surface area contributed by atoms with Crippen LogP contribution in [0.25, 0.3) is 10.6 Å². The third-order valence-electron chi connectivity index (χ3n) is 3.43. The molecule has 0 aliphatic heterocycles. The highest BCUT2D eigenvalue weighted by Gasteiger charge is 2.19. The Morgan fingerprint density at radius 3 is 2.72 bits per heavy atom. The Morgan fingerprint density at radius 1 is 1.28 bits per heavy atom. The SMILES string of the molecule is O=C(NCC(O)c1ccc(O)cc1)c1sc(-c2cccnc2)nc1Cl. The van der Waals surface area contributed by atoms with Crippen LogP contribution in [0.2, 0.25) is 5.15 Å². The standard InChI is InChI=1S/C17H14ClN3O3S/c18-15-14(25-17(21-15)11-2-1-7-19-8-11)16(24)20-9-13(23)10-3-5-12(22)6-4-10/h1-8,13,22-23H,9H2,(H,20,24). The summed E-state index contributed by atoms with van der Waals surface area (Å²) in [5.74, 6) is -0.296. The molecule has 1 amide bonds. The summed E-state index contributed by atoms with van der Waals surface area (Å²) in [6.07, 6.45) is 2.40. The first kappa shape index (κ1) is 17.3. The number of nitrogens with zero attached hydrogens (tertiary/aromatic N) is 2. The number of rotatable bonds is 5. The Labute approximate surface area is 152 Å². The van der Waals surface area contributed by atoms with Gasteiger partial charge in [-0.15, -0.1) is 11.3 Å². The molecule has 8 heteroatoms. The molecule has 2 heterocycles. The van der Waals surface area contributed by atoms with Gasteiger partial charge >= 0.3 is 0 Å². The largest absolute Gasteiger partial charge is 0.508 e. The lowest BCUT2D eigenvalue weighted by Gasteiger charge is -2.11. The normalized spacial score (nSPS) is 11.9. The topological polar surface area (TPSA) is 95.3 Å². The summed E-state index contributed by atoms with van der Waals surface area (Å²) in [6, 6.07) is 9.73. The van der Waals surface area contributed by atoms with E-state index in [0.717, 1.165) is 16.9 Å². The van der Waals surface area contributed by atoms with Crippen LogP contribution in [0, 0.1) is 0 Å². The van der Waals surface area contributed by atoms with Crippen molar-refractivity contribution in [1.82, 2.24) is 15.3 Å². The number of aliphatic hydroxyl groups excluding tert-OH is 1. The summed E-state index contributed by atoms with van der Waals surface area (Å²) in [7, 11) is 0. The van der Waals surface area contributed by atoms with E-state index in [1.165, 1.54) is 12.1 Å².